The zero-order valence-electron chi connectivity index (χ0n) is 10.4. The van der Waals surface area contributed by atoms with Crippen LogP contribution >= 0.6 is 11.8 Å². The van der Waals surface area contributed by atoms with Crippen molar-refractivity contribution in [2.45, 2.75) is 49.4 Å². The predicted octanol–water partition coefficient (Wildman–Crippen LogP) is 1.82. The van der Waals surface area contributed by atoms with E-state index in [1.807, 2.05) is 13.8 Å². The van der Waals surface area contributed by atoms with Crippen molar-refractivity contribution in [1.82, 2.24) is 0 Å². The lowest BCUT2D eigenvalue weighted by molar-refractivity contribution is -0.150. The van der Waals surface area contributed by atoms with Crippen molar-refractivity contribution in [3.05, 3.63) is 10.4 Å². The first-order valence-electron chi connectivity index (χ1n) is 5.61. The van der Waals surface area contributed by atoms with Crippen LogP contribution in [0.4, 0.5) is 0 Å². The molecule has 4 atom stereocenters. The summed E-state index contributed by atoms with van der Waals surface area (Å²) < 4.78 is 16.5. The van der Waals surface area contributed by atoms with E-state index < -0.39 is 5.79 Å². The molecule has 0 saturated carbocycles. The molecule has 0 bridgehead atoms. The van der Waals surface area contributed by atoms with Crippen LogP contribution in [0, 0.1) is 0 Å². The fraction of sp³-hybridized carbons (Fsp3) is 0.900. The van der Waals surface area contributed by atoms with Crippen LogP contribution in [0.1, 0.15) is 20.8 Å². The minimum atomic E-state index is -0.700. The lowest BCUT2D eigenvalue weighted by Crippen LogP contribution is -2.32. The van der Waals surface area contributed by atoms with E-state index in [2.05, 4.69) is 10.0 Å². The zero-order valence-corrected chi connectivity index (χ0v) is 11.2. The minimum absolute atomic E-state index is 0.0730. The van der Waals surface area contributed by atoms with E-state index in [1.165, 1.54) is 18.7 Å². The third kappa shape index (κ3) is 2.72. The first kappa shape index (κ1) is 13.5. The Kier molecular flexibility index (Phi) is 3.72. The molecule has 0 aromatic heterocycles. The lowest BCUT2D eigenvalue weighted by atomic mass is 10.1. The molecule has 0 spiro atoms. The average Bonchev–Trinajstić information content (AvgIpc) is 2.71. The summed E-state index contributed by atoms with van der Waals surface area (Å²) >= 11 is 1.42. The molecule has 0 aromatic carbocycles. The van der Waals surface area contributed by atoms with E-state index in [0.717, 1.165) is 0 Å². The number of rotatable bonds is 3. The molecule has 0 aromatic rings. The number of thioether (sulfide) groups is 1. The number of carbonyl (C=O) groups is 1. The Morgan fingerprint density at radius 2 is 2.17 bits per heavy atom. The smallest absolute Gasteiger partial charge is 0.302 e. The summed E-state index contributed by atoms with van der Waals surface area (Å²) in [4.78, 5) is 13.7. The van der Waals surface area contributed by atoms with Gasteiger partial charge in [-0.15, -0.1) is 11.8 Å². The maximum absolute atomic E-state index is 10.8. The quantitative estimate of drug-likeness (QED) is 0.338. The number of carbonyl (C=O) groups excluding carboxylic acids is 1. The van der Waals surface area contributed by atoms with Crippen LogP contribution in [0.15, 0.2) is 5.11 Å². The Morgan fingerprint density at radius 3 is 2.78 bits per heavy atom. The molecule has 7 nitrogen and oxygen atoms in total. The van der Waals surface area contributed by atoms with Crippen molar-refractivity contribution in [3.63, 3.8) is 0 Å². The topological polar surface area (TPSA) is 93.5 Å². The molecule has 18 heavy (non-hydrogen) atoms. The molecule has 2 saturated heterocycles. The highest BCUT2D eigenvalue weighted by molar-refractivity contribution is 8.00. The minimum Gasteiger partial charge on any atom is -0.465 e. The maximum atomic E-state index is 10.8. The number of hydrogen-bond donors (Lipinski definition) is 0. The van der Waals surface area contributed by atoms with Crippen LogP contribution in [0.5, 0.6) is 0 Å². The second-order valence-electron chi connectivity index (χ2n) is 4.64. The van der Waals surface area contributed by atoms with Gasteiger partial charge in [0.25, 0.3) is 0 Å². The summed E-state index contributed by atoms with van der Waals surface area (Å²) in [5, 5.41) is 3.29. The number of esters is 1. The van der Waals surface area contributed by atoms with Gasteiger partial charge in [-0.1, -0.05) is 5.11 Å². The van der Waals surface area contributed by atoms with Gasteiger partial charge in [0.1, 0.15) is 24.2 Å². The molecule has 0 amide bonds. The van der Waals surface area contributed by atoms with Gasteiger partial charge in [0, 0.05) is 11.8 Å². The molecule has 2 rings (SSSR count). The van der Waals surface area contributed by atoms with Gasteiger partial charge in [-0.05, 0) is 19.4 Å². The van der Waals surface area contributed by atoms with Gasteiger partial charge >= 0.3 is 5.97 Å². The third-order valence-electron chi connectivity index (χ3n) is 2.74. The summed E-state index contributed by atoms with van der Waals surface area (Å²) in [7, 11) is 0. The predicted molar refractivity (Wildman–Crippen MR) is 64.8 cm³/mol. The van der Waals surface area contributed by atoms with Crippen molar-refractivity contribution >= 4 is 17.7 Å². The number of hydrogen-bond acceptors (Lipinski definition) is 6. The lowest BCUT2D eigenvalue weighted by Gasteiger charge is -2.22. The van der Waals surface area contributed by atoms with Gasteiger partial charge in [0.05, 0.1) is 5.25 Å². The van der Waals surface area contributed by atoms with Crippen LogP contribution in [0.2, 0.25) is 0 Å². The Labute approximate surface area is 109 Å². The van der Waals surface area contributed by atoms with E-state index in [9.17, 15) is 4.79 Å². The molecule has 2 heterocycles. The third-order valence-corrected chi connectivity index (χ3v) is 4.14. The highest BCUT2D eigenvalue weighted by atomic mass is 32.2. The SMILES string of the molecule is CC(=O)OC[C@H]1SC(N=[N+]=[N-])[C@@H]2OC(C)(C)O[C@H]12. The van der Waals surface area contributed by atoms with Crippen LogP contribution in [-0.4, -0.2) is 41.2 Å². The zero-order chi connectivity index (χ0) is 13.3. The largest absolute Gasteiger partial charge is 0.465 e. The summed E-state index contributed by atoms with van der Waals surface area (Å²) in [5.74, 6) is -1.04. The molecule has 1 unspecified atom stereocenters. The molecule has 2 aliphatic rings. The number of ether oxygens (including phenoxy) is 3. The van der Waals surface area contributed by atoms with Crippen LogP contribution in [0.3, 0.4) is 0 Å². The number of nitrogens with zero attached hydrogens (tertiary/aromatic N) is 3. The van der Waals surface area contributed by atoms with Gasteiger partial charge in [-0.2, -0.15) is 0 Å². The van der Waals surface area contributed by atoms with E-state index in [-0.39, 0.29) is 35.4 Å². The molecule has 0 N–H and O–H groups in total. The summed E-state index contributed by atoms with van der Waals surface area (Å²) in [5.41, 5.74) is 8.54. The molecule has 2 fully saturated rings. The first-order chi connectivity index (χ1) is 8.43. The summed E-state index contributed by atoms with van der Waals surface area (Å²) in [6.07, 6.45) is -0.513. The van der Waals surface area contributed by atoms with E-state index in [0.29, 0.717) is 0 Å². The van der Waals surface area contributed by atoms with Gasteiger partial charge in [0.15, 0.2) is 5.79 Å². The normalized spacial score (nSPS) is 36.8. The van der Waals surface area contributed by atoms with Gasteiger partial charge in [-0.25, -0.2) is 0 Å². The van der Waals surface area contributed by atoms with Gasteiger partial charge < -0.3 is 14.2 Å². The van der Waals surface area contributed by atoms with E-state index in [1.54, 1.807) is 0 Å². The van der Waals surface area contributed by atoms with Crippen molar-refractivity contribution in [2.24, 2.45) is 5.11 Å². The molecule has 0 radical (unpaired) electrons. The Balaban J connectivity index is 2.09. The molecule has 2 aliphatic heterocycles. The van der Waals surface area contributed by atoms with E-state index in [4.69, 9.17) is 19.7 Å². The second kappa shape index (κ2) is 4.97. The molecule has 100 valence electrons. The Bertz CT molecular complexity index is 397. The summed E-state index contributed by atoms with van der Waals surface area (Å²) in [6, 6.07) is 0. The Morgan fingerprint density at radius 1 is 1.50 bits per heavy atom. The number of fused-ring (bicyclic) bond motifs is 1. The van der Waals surface area contributed by atoms with E-state index >= 15 is 0 Å². The van der Waals surface area contributed by atoms with Gasteiger partial charge in [-0.3, -0.25) is 4.79 Å². The summed E-state index contributed by atoms with van der Waals surface area (Å²) in [6.45, 7) is 5.22. The van der Waals surface area contributed by atoms with Crippen LogP contribution in [0.25, 0.3) is 10.4 Å². The second-order valence-corrected chi connectivity index (χ2v) is 6.00. The first-order valence-corrected chi connectivity index (χ1v) is 6.56. The standard InChI is InChI=1S/C10H15N3O4S/c1-5(14)15-4-6-7-8(9(18-6)12-13-11)17-10(2,3)16-7/h6-9H,4H2,1-3H3/t6-,7-,8-,9?/m1/s1. The molecule has 0 aliphatic carbocycles. The number of azide groups is 1. The molecule has 8 heteroatoms. The maximum Gasteiger partial charge on any atom is 0.302 e. The fourth-order valence-corrected chi connectivity index (χ4v) is 3.47. The van der Waals surface area contributed by atoms with Gasteiger partial charge in [0.2, 0.25) is 0 Å². The van der Waals surface area contributed by atoms with Crippen molar-refractivity contribution in [2.75, 3.05) is 6.61 Å². The van der Waals surface area contributed by atoms with Crippen LogP contribution in [-0.2, 0) is 19.0 Å². The average molecular weight is 273 g/mol. The van der Waals surface area contributed by atoms with Crippen molar-refractivity contribution in [1.29, 1.82) is 0 Å². The fourth-order valence-electron chi connectivity index (χ4n) is 2.14. The monoisotopic (exact) mass is 273 g/mol. The van der Waals surface area contributed by atoms with Crippen LogP contribution < -0.4 is 0 Å². The molecular formula is C10H15N3O4S. The molecular weight excluding hydrogens is 258 g/mol. The Hall–Kier alpha value is -0.950. The van der Waals surface area contributed by atoms with Crippen molar-refractivity contribution in [3.8, 4) is 0 Å². The van der Waals surface area contributed by atoms with Crippen molar-refractivity contribution < 1.29 is 19.0 Å². The highest BCUT2D eigenvalue weighted by Gasteiger charge is 2.54. The highest BCUT2D eigenvalue weighted by Crippen LogP contribution is 2.46.